The predicted octanol–water partition coefficient (Wildman–Crippen LogP) is 3.12. The fourth-order valence-corrected chi connectivity index (χ4v) is 2.53. The third-order valence-corrected chi connectivity index (χ3v) is 3.30. The summed E-state index contributed by atoms with van der Waals surface area (Å²) in [6.07, 6.45) is 2.62. The lowest BCUT2D eigenvalue weighted by Gasteiger charge is -2.16. The van der Waals surface area contributed by atoms with Gasteiger partial charge in [0.1, 0.15) is 17.1 Å². The van der Waals surface area contributed by atoms with Crippen LogP contribution in [0.1, 0.15) is 25.2 Å². The first kappa shape index (κ1) is 11.4. The fraction of sp³-hybridized carbons (Fsp3) is 0.333. The number of ether oxygens (including phenoxy) is 1. The molecule has 0 unspecified atom stereocenters. The van der Waals surface area contributed by atoms with Crippen LogP contribution in [0.4, 0.5) is 0 Å². The maximum Gasteiger partial charge on any atom is 0.125 e. The maximum absolute atomic E-state index is 5.88. The topological polar surface area (TPSA) is 48.4 Å². The van der Waals surface area contributed by atoms with Gasteiger partial charge in [0.25, 0.3) is 0 Å². The first-order chi connectivity index (χ1) is 8.59. The van der Waals surface area contributed by atoms with Crippen LogP contribution in [0.3, 0.4) is 0 Å². The molecule has 2 N–H and O–H groups in total. The second-order valence-corrected chi connectivity index (χ2v) is 5.32. The van der Waals surface area contributed by atoms with E-state index in [1.54, 1.807) is 6.26 Å². The summed E-state index contributed by atoms with van der Waals surface area (Å²) in [6.45, 7) is 4.63. The third-order valence-electron chi connectivity index (χ3n) is 3.30. The van der Waals surface area contributed by atoms with E-state index in [1.165, 1.54) is 5.56 Å². The summed E-state index contributed by atoms with van der Waals surface area (Å²) in [4.78, 5) is 0. The van der Waals surface area contributed by atoms with Crippen molar-refractivity contribution in [2.75, 3.05) is 0 Å². The first-order valence-electron chi connectivity index (χ1n) is 6.18. The van der Waals surface area contributed by atoms with Crippen molar-refractivity contribution in [3.8, 4) is 16.9 Å². The zero-order valence-corrected chi connectivity index (χ0v) is 10.7. The summed E-state index contributed by atoms with van der Waals surface area (Å²) in [5.41, 5.74) is 9.04. The van der Waals surface area contributed by atoms with Crippen LogP contribution in [0.25, 0.3) is 11.1 Å². The second kappa shape index (κ2) is 3.89. The average Bonchev–Trinajstić information content (AvgIpc) is 2.88. The molecule has 3 nitrogen and oxygen atoms in total. The zero-order chi connectivity index (χ0) is 12.8. The minimum Gasteiger partial charge on any atom is -0.487 e. The standard InChI is InChI=1S/C15H17NO2/c1-15(2)8-11-7-10(3-4-13(11)18-15)12-5-6-17-14(12)9-16/h3-7H,8-9,16H2,1-2H3. The SMILES string of the molecule is CC1(C)Cc2cc(-c3ccoc3CN)ccc2O1. The van der Waals surface area contributed by atoms with Gasteiger partial charge in [-0.3, -0.25) is 0 Å². The van der Waals surface area contributed by atoms with E-state index >= 15 is 0 Å². The van der Waals surface area contributed by atoms with Gasteiger partial charge in [-0.2, -0.15) is 0 Å². The highest BCUT2D eigenvalue weighted by Gasteiger charge is 2.30. The van der Waals surface area contributed by atoms with E-state index in [0.29, 0.717) is 6.54 Å². The van der Waals surface area contributed by atoms with Crippen LogP contribution in [0, 0.1) is 0 Å². The van der Waals surface area contributed by atoms with Gasteiger partial charge < -0.3 is 14.9 Å². The van der Waals surface area contributed by atoms with Gasteiger partial charge in [-0.15, -0.1) is 0 Å². The summed E-state index contributed by atoms with van der Waals surface area (Å²) in [5, 5.41) is 0. The van der Waals surface area contributed by atoms with Crippen LogP contribution in [-0.4, -0.2) is 5.60 Å². The van der Waals surface area contributed by atoms with Crippen molar-refractivity contribution < 1.29 is 9.15 Å². The molecule has 0 atom stereocenters. The van der Waals surface area contributed by atoms with E-state index in [1.807, 2.05) is 12.1 Å². The van der Waals surface area contributed by atoms with Crippen molar-refractivity contribution in [2.24, 2.45) is 5.73 Å². The van der Waals surface area contributed by atoms with Gasteiger partial charge >= 0.3 is 0 Å². The normalized spacial score (nSPS) is 16.4. The molecule has 0 aliphatic carbocycles. The third kappa shape index (κ3) is 1.81. The molecule has 0 amide bonds. The van der Waals surface area contributed by atoms with Crippen molar-refractivity contribution in [1.82, 2.24) is 0 Å². The second-order valence-electron chi connectivity index (χ2n) is 5.32. The van der Waals surface area contributed by atoms with Gasteiger partial charge in [0.15, 0.2) is 0 Å². The summed E-state index contributed by atoms with van der Waals surface area (Å²) in [6, 6.07) is 8.23. The Labute approximate surface area is 107 Å². The molecular formula is C15H17NO2. The summed E-state index contributed by atoms with van der Waals surface area (Å²) >= 11 is 0. The summed E-state index contributed by atoms with van der Waals surface area (Å²) in [5.74, 6) is 1.81. The van der Waals surface area contributed by atoms with E-state index in [2.05, 4.69) is 26.0 Å². The minimum atomic E-state index is -0.103. The molecule has 1 aromatic heterocycles. The molecule has 1 aliphatic heterocycles. The Bertz CT molecular complexity index is 584. The van der Waals surface area contributed by atoms with Crippen molar-refractivity contribution >= 4 is 0 Å². The number of hydrogen-bond donors (Lipinski definition) is 1. The molecule has 0 saturated heterocycles. The fourth-order valence-electron chi connectivity index (χ4n) is 2.53. The molecule has 94 valence electrons. The Balaban J connectivity index is 2.02. The molecular weight excluding hydrogens is 226 g/mol. The van der Waals surface area contributed by atoms with Crippen molar-refractivity contribution in [2.45, 2.75) is 32.4 Å². The van der Waals surface area contributed by atoms with Gasteiger partial charge in [0.2, 0.25) is 0 Å². The van der Waals surface area contributed by atoms with E-state index in [4.69, 9.17) is 14.9 Å². The maximum atomic E-state index is 5.88. The highest BCUT2D eigenvalue weighted by atomic mass is 16.5. The lowest BCUT2D eigenvalue weighted by atomic mass is 9.98. The first-order valence-corrected chi connectivity index (χ1v) is 6.18. The van der Waals surface area contributed by atoms with Gasteiger partial charge in [0.05, 0.1) is 12.8 Å². The van der Waals surface area contributed by atoms with Crippen LogP contribution >= 0.6 is 0 Å². The number of rotatable bonds is 2. The Hall–Kier alpha value is -1.74. The van der Waals surface area contributed by atoms with Crippen LogP contribution in [-0.2, 0) is 13.0 Å². The molecule has 2 aromatic rings. The lowest BCUT2D eigenvalue weighted by Crippen LogP contribution is -2.24. The van der Waals surface area contributed by atoms with Gasteiger partial charge in [-0.25, -0.2) is 0 Å². The monoisotopic (exact) mass is 243 g/mol. The smallest absolute Gasteiger partial charge is 0.125 e. The van der Waals surface area contributed by atoms with E-state index in [-0.39, 0.29) is 5.60 Å². The Morgan fingerprint density at radius 2 is 2.11 bits per heavy atom. The summed E-state index contributed by atoms with van der Waals surface area (Å²) < 4.78 is 11.2. The van der Waals surface area contributed by atoms with Crippen LogP contribution in [0.5, 0.6) is 5.75 Å². The largest absolute Gasteiger partial charge is 0.487 e. The van der Waals surface area contributed by atoms with E-state index < -0.39 is 0 Å². The van der Waals surface area contributed by atoms with Crippen molar-refractivity contribution in [3.63, 3.8) is 0 Å². The average molecular weight is 243 g/mol. The number of fused-ring (bicyclic) bond motifs is 1. The molecule has 3 heteroatoms. The Kier molecular flexibility index (Phi) is 2.45. The summed E-state index contributed by atoms with van der Waals surface area (Å²) in [7, 11) is 0. The quantitative estimate of drug-likeness (QED) is 0.881. The van der Waals surface area contributed by atoms with Crippen LogP contribution < -0.4 is 10.5 Å². The van der Waals surface area contributed by atoms with Gasteiger partial charge in [0, 0.05) is 12.0 Å². The minimum absolute atomic E-state index is 0.103. The molecule has 1 aromatic carbocycles. The molecule has 1 aliphatic rings. The highest BCUT2D eigenvalue weighted by Crippen LogP contribution is 2.38. The molecule has 0 spiro atoms. The number of furan rings is 1. The number of nitrogens with two attached hydrogens (primary N) is 1. The van der Waals surface area contributed by atoms with Crippen molar-refractivity contribution in [3.05, 3.63) is 41.9 Å². The number of hydrogen-bond acceptors (Lipinski definition) is 3. The highest BCUT2D eigenvalue weighted by molar-refractivity contribution is 5.68. The Morgan fingerprint density at radius 3 is 2.89 bits per heavy atom. The predicted molar refractivity (Wildman–Crippen MR) is 70.4 cm³/mol. The zero-order valence-electron chi connectivity index (χ0n) is 10.7. The molecule has 0 radical (unpaired) electrons. The van der Waals surface area contributed by atoms with E-state index in [9.17, 15) is 0 Å². The Morgan fingerprint density at radius 1 is 1.28 bits per heavy atom. The molecule has 3 rings (SSSR count). The lowest BCUT2D eigenvalue weighted by molar-refractivity contribution is 0.138. The van der Waals surface area contributed by atoms with Crippen LogP contribution in [0.15, 0.2) is 34.9 Å². The van der Waals surface area contributed by atoms with E-state index in [0.717, 1.165) is 29.1 Å². The van der Waals surface area contributed by atoms with Crippen molar-refractivity contribution in [1.29, 1.82) is 0 Å². The van der Waals surface area contributed by atoms with Crippen LogP contribution in [0.2, 0.25) is 0 Å². The molecule has 2 heterocycles. The molecule has 0 bridgehead atoms. The van der Waals surface area contributed by atoms with Gasteiger partial charge in [-0.1, -0.05) is 6.07 Å². The van der Waals surface area contributed by atoms with Gasteiger partial charge in [-0.05, 0) is 43.2 Å². The number of benzene rings is 1. The molecule has 0 saturated carbocycles. The molecule has 0 fully saturated rings. The molecule has 18 heavy (non-hydrogen) atoms.